The molecule has 0 N–H and O–H groups in total. The van der Waals surface area contributed by atoms with Gasteiger partial charge in [0.25, 0.3) is 5.69 Å². The lowest BCUT2D eigenvalue weighted by molar-refractivity contribution is -0.385. The third-order valence-corrected chi connectivity index (χ3v) is 2.96. The van der Waals surface area contributed by atoms with Crippen LogP contribution in [0.3, 0.4) is 0 Å². The highest BCUT2D eigenvalue weighted by molar-refractivity contribution is 9.10. The molecule has 0 bridgehead atoms. The second-order valence-corrected chi connectivity index (χ2v) is 4.22. The standard InChI is InChI=1S/C10H9BrF3NO3/c11-9-7(2-1-3-8(9)15(16)17)6-18-5-4-10(12,13)14/h1-3H,4-6H2. The van der Waals surface area contributed by atoms with Crippen molar-refractivity contribution in [1.29, 1.82) is 0 Å². The predicted molar refractivity (Wildman–Crippen MR) is 61.1 cm³/mol. The Morgan fingerprint density at radius 1 is 1.39 bits per heavy atom. The first kappa shape index (κ1) is 14.9. The van der Waals surface area contributed by atoms with Gasteiger partial charge in [0, 0.05) is 6.07 Å². The van der Waals surface area contributed by atoms with Crippen LogP contribution in [0.25, 0.3) is 0 Å². The fourth-order valence-corrected chi connectivity index (χ4v) is 1.71. The van der Waals surface area contributed by atoms with Crippen LogP contribution in [0.1, 0.15) is 12.0 Å². The van der Waals surface area contributed by atoms with Crippen molar-refractivity contribution in [3.05, 3.63) is 38.3 Å². The number of halogens is 4. The van der Waals surface area contributed by atoms with Crippen LogP contribution < -0.4 is 0 Å². The minimum Gasteiger partial charge on any atom is -0.376 e. The van der Waals surface area contributed by atoms with Gasteiger partial charge in [0.2, 0.25) is 0 Å². The molecule has 0 unspecified atom stereocenters. The summed E-state index contributed by atoms with van der Waals surface area (Å²) in [4.78, 5) is 10.0. The van der Waals surface area contributed by atoms with Gasteiger partial charge in [0.05, 0.1) is 24.6 Å². The summed E-state index contributed by atoms with van der Waals surface area (Å²) in [5.41, 5.74) is 0.290. The van der Waals surface area contributed by atoms with E-state index in [-0.39, 0.29) is 16.8 Å². The summed E-state index contributed by atoms with van der Waals surface area (Å²) >= 11 is 3.03. The van der Waals surface area contributed by atoms with Gasteiger partial charge in [-0.15, -0.1) is 0 Å². The number of rotatable bonds is 5. The van der Waals surface area contributed by atoms with Gasteiger partial charge in [0.1, 0.15) is 4.47 Å². The summed E-state index contributed by atoms with van der Waals surface area (Å²) in [5.74, 6) is 0. The maximum atomic E-state index is 11.9. The highest BCUT2D eigenvalue weighted by atomic mass is 79.9. The van der Waals surface area contributed by atoms with E-state index in [1.807, 2.05) is 0 Å². The Bertz CT molecular complexity index is 437. The zero-order chi connectivity index (χ0) is 13.8. The average Bonchev–Trinajstić information content (AvgIpc) is 2.24. The summed E-state index contributed by atoms with van der Waals surface area (Å²) in [6.07, 6.45) is -5.31. The van der Waals surface area contributed by atoms with Gasteiger partial charge in [0.15, 0.2) is 0 Å². The molecule has 4 nitrogen and oxygen atoms in total. The minimum absolute atomic E-state index is 0.113. The van der Waals surface area contributed by atoms with Gasteiger partial charge in [-0.3, -0.25) is 10.1 Å². The summed E-state index contributed by atoms with van der Waals surface area (Å²) in [5, 5.41) is 10.6. The number of benzene rings is 1. The molecule has 1 aromatic carbocycles. The Balaban J connectivity index is 2.58. The van der Waals surface area contributed by atoms with Gasteiger partial charge >= 0.3 is 6.18 Å². The molecule has 0 aliphatic rings. The number of nitro benzene ring substituents is 1. The molecular formula is C10H9BrF3NO3. The zero-order valence-electron chi connectivity index (χ0n) is 9.04. The van der Waals surface area contributed by atoms with Crippen molar-refractivity contribution in [2.24, 2.45) is 0 Å². The van der Waals surface area contributed by atoms with Gasteiger partial charge < -0.3 is 4.74 Å². The lowest BCUT2D eigenvalue weighted by Crippen LogP contribution is -2.11. The highest BCUT2D eigenvalue weighted by Gasteiger charge is 2.26. The van der Waals surface area contributed by atoms with E-state index < -0.39 is 24.1 Å². The van der Waals surface area contributed by atoms with E-state index >= 15 is 0 Å². The fraction of sp³-hybridized carbons (Fsp3) is 0.400. The van der Waals surface area contributed by atoms with E-state index in [2.05, 4.69) is 15.9 Å². The van der Waals surface area contributed by atoms with Crippen molar-refractivity contribution in [1.82, 2.24) is 0 Å². The van der Waals surface area contributed by atoms with Crippen LogP contribution in [0.15, 0.2) is 22.7 Å². The Hall–Kier alpha value is -1.15. The highest BCUT2D eigenvalue weighted by Crippen LogP contribution is 2.29. The Morgan fingerprint density at radius 3 is 2.61 bits per heavy atom. The van der Waals surface area contributed by atoms with Gasteiger partial charge in [-0.2, -0.15) is 13.2 Å². The Morgan fingerprint density at radius 2 is 2.06 bits per heavy atom. The fourth-order valence-electron chi connectivity index (χ4n) is 1.19. The first-order valence-corrected chi connectivity index (χ1v) is 5.67. The SMILES string of the molecule is O=[N+]([O-])c1cccc(COCCC(F)(F)F)c1Br. The molecular weight excluding hydrogens is 319 g/mol. The van der Waals surface area contributed by atoms with Crippen molar-refractivity contribution in [2.75, 3.05) is 6.61 Å². The third-order valence-electron chi connectivity index (χ3n) is 2.04. The number of ether oxygens (including phenoxy) is 1. The molecule has 0 fully saturated rings. The minimum atomic E-state index is -4.26. The van der Waals surface area contributed by atoms with Crippen molar-refractivity contribution in [3.63, 3.8) is 0 Å². The third kappa shape index (κ3) is 4.61. The van der Waals surface area contributed by atoms with Crippen molar-refractivity contribution >= 4 is 21.6 Å². The second-order valence-electron chi connectivity index (χ2n) is 3.43. The summed E-state index contributed by atoms with van der Waals surface area (Å²) < 4.78 is 40.6. The molecule has 1 aromatic rings. The van der Waals surface area contributed by atoms with E-state index in [9.17, 15) is 23.3 Å². The van der Waals surface area contributed by atoms with Gasteiger partial charge in [-0.25, -0.2) is 0 Å². The monoisotopic (exact) mass is 327 g/mol. The van der Waals surface area contributed by atoms with Crippen molar-refractivity contribution < 1.29 is 22.8 Å². The van der Waals surface area contributed by atoms with Crippen molar-refractivity contribution in [2.45, 2.75) is 19.2 Å². The van der Waals surface area contributed by atoms with E-state index in [0.717, 1.165) is 0 Å². The number of hydrogen-bond donors (Lipinski definition) is 0. The van der Waals surface area contributed by atoms with Crippen LogP contribution in [-0.2, 0) is 11.3 Å². The Labute approximate surface area is 109 Å². The zero-order valence-corrected chi connectivity index (χ0v) is 10.6. The smallest absolute Gasteiger partial charge is 0.376 e. The average molecular weight is 328 g/mol. The van der Waals surface area contributed by atoms with Crippen LogP contribution in [-0.4, -0.2) is 17.7 Å². The van der Waals surface area contributed by atoms with Crippen LogP contribution in [0, 0.1) is 10.1 Å². The summed E-state index contributed by atoms with van der Waals surface area (Å²) in [6.45, 7) is -0.586. The predicted octanol–water partition coefficient (Wildman–Crippen LogP) is 3.83. The van der Waals surface area contributed by atoms with E-state index in [1.54, 1.807) is 6.07 Å². The molecule has 100 valence electrons. The number of nitro groups is 1. The van der Waals surface area contributed by atoms with E-state index in [4.69, 9.17) is 4.74 Å². The molecule has 0 atom stereocenters. The molecule has 8 heteroatoms. The molecule has 0 aliphatic carbocycles. The second kappa shape index (κ2) is 6.14. The molecule has 0 spiro atoms. The maximum Gasteiger partial charge on any atom is 0.391 e. The molecule has 18 heavy (non-hydrogen) atoms. The molecule has 0 saturated carbocycles. The number of nitrogens with zero attached hydrogens (tertiary/aromatic N) is 1. The summed E-state index contributed by atoms with van der Waals surface area (Å²) in [6, 6.07) is 4.29. The Kier molecular flexibility index (Phi) is 5.09. The number of hydrogen-bond acceptors (Lipinski definition) is 3. The van der Waals surface area contributed by atoms with Crippen LogP contribution in [0.4, 0.5) is 18.9 Å². The first-order valence-electron chi connectivity index (χ1n) is 4.87. The van der Waals surface area contributed by atoms with Crippen LogP contribution in [0.5, 0.6) is 0 Å². The maximum absolute atomic E-state index is 11.9. The lowest BCUT2D eigenvalue weighted by atomic mass is 10.2. The largest absolute Gasteiger partial charge is 0.391 e. The molecule has 1 rings (SSSR count). The lowest BCUT2D eigenvalue weighted by Gasteiger charge is -2.08. The van der Waals surface area contributed by atoms with Gasteiger partial charge in [-0.1, -0.05) is 12.1 Å². The topological polar surface area (TPSA) is 52.4 Å². The molecule has 0 aromatic heterocycles. The summed E-state index contributed by atoms with van der Waals surface area (Å²) in [7, 11) is 0. The van der Waals surface area contributed by atoms with E-state index in [1.165, 1.54) is 12.1 Å². The van der Waals surface area contributed by atoms with Crippen molar-refractivity contribution in [3.8, 4) is 0 Å². The number of alkyl halides is 3. The quantitative estimate of drug-likeness (QED) is 0.469. The normalized spacial score (nSPS) is 11.6. The molecule has 0 aliphatic heterocycles. The molecule has 0 saturated heterocycles. The molecule has 0 amide bonds. The van der Waals surface area contributed by atoms with E-state index in [0.29, 0.717) is 5.56 Å². The van der Waals surface area contributed by atoms with Crippen LogP contribution >= 0.6 is 15.9 Å². The van der Waals surface area contributed by atoms with Gasteiger partial charge in [-0.05, 0) is 21.5 Å². The first-order chi connectivity index (χ1) is 8.31. The molecule has 0 radical (unpaired) electrons. The molecule has 0 heterocycles. The van der Waals surface area contributed by atoms with Crippen LogP contribution in [0.2, 0.25) is 0 Å².